The van der Waals surface area contributed by atoms with Crippen LogP contribution in [-0.4, -0.2) is 22.6 Å². The predicted octanol–water partition coefficient (Wildman–Crippen LogP) is 4.25. The number of nitrogens with one attached hydrogen (secondary N) is 2. The van der Waals surface area contributed by atoms with E-state index in [1.165, 1.54) is 12.1 Å². The first kappa shape index (κ1) is 19.9. The number of hydrogen-bond acceptors (Lipinski definition) is 5. The highest BCUT2D eigenvalue weighted by Gasteiger charge is 2.30. The molecule has 1 aromatic heterocycles. The standard InChI is InChI=1S/C20H15F3N4O2/c1-2-3-12-24-17(28)19-27-26-18(29-19)15-6-4-5-7-16(15)25-14-10-8-13(9-11-14)20(21,22)23/h1,4-11,25H,3,12H2,(H,24,28). The van der Waals surface area contributed by atoms with Gasteiger partial charge in [-0.25, -0.2) is 0 Å². The van der Waals surface area contributed by atoms with Crippen LogP contribution in [0, 0.1) is 12.3 Å². The second kappa shape index (κ2) is 8.48. The molecule has 9 heteroatoms. The summed E-state index contributed by atoms with van der Waals surface area (Å²) >= 11 is 0. The zero-order valence-corrected chi connectivity index (χ0v) is 15.0. The molecule has 1 heterocycles. The number of anilines is 2. The number of hydrogen-bond donors (Lipinski definition) is 2. The number of rotatable bonds is 6. The molecular formula is C20H15F3N4O2. The van der Waals surface area contributed by atoms with Gasteiger partial charge in [0, 0.05) is 18.7 Å². The minimum absolute atomic E-state index is 0.0853. The first-order chi connectivity index (χ1) is 13.9. The van der Waals surface area contributed by atoms with E-state index in [0.717, 1.165) is 12.1 Å². The highest BCUT2D eigenvalue weighted by Crippen LogP contribution is 2.32. The molecule has 29 heavy (non-hydrogen) atoms. The quantitative estimate of drug-likeness (QED) is 0.478. The Balaban J connectivity index is 1.79. The van der Waals surface area contributed by atoms with Gasteiger partial charge in [0.05, 0.1) is 16.8 Å². The lowest BCUT2D eigenvalue weighted by atomic mass is 10.1. The van der Waals surface area contributed by atoms with E-state index in [2.05, 4.69) is 26.8 Å². The Labute approximate surface area is 164 Å². The number of para-hydroxylation sites is 1. The molecule has 2 N–H and O–H groups in total. The summed E-state index contributed by atoms with van der Waals surface area (Å²) in [5.41, 5.74) is 0.712. The van der Waals surface area contributed by atoms with Crippen molar-refractivity contribution in [3.63, 3.8) is 0 Å². The summed E-state index contributed by atoms with van der Waals surface area (Å²) in [7, 11) is 0. The van der Waals surface area contributed by atoms with Crippen molar-refractivity contribution >= 4 is 17.3 Å². The van der Waals surface area contributed by atoms with Gasteiger partial charge in [-0.2, -0.15) is 13.2 Å². The molecule has 0 saturated carbocycles. The van der Waals surface area contributed by atoms with Crippen LogP contribution in [0.5, 0.6) is 0 Å². The topological polar surface area (TPSA) is 80.0 Å². The summed E-state index contributed by atoms with van der Waals surface area (Å²) in [5, 5.41) is 13.2. The highest BCUT2D eigenvalue weighted by atomic mass is 19.4. The molecule has 1 amide bonds. The zero-order chi connectivity index (χ0) is 20.9. The fraction of sp³-hybridized carbons (Fsp3) is 0.150. The number of carbonyl (C=O) groups is 1. The van der Waals surface area contributed by atoms with Gasteiger partial charge in [0.2, 0.25) is 5.89 Å². The van der Waals surface area contributed by atoms with Crippen molar-refractivity contribution in [2.24, 2.45) is 0 Å². The molecule has 0 atom stereocenters. The van der Waals surface area contributed by atoms with Crippen LogP contribution in [0.4, 0.5) is 24.5 Å². The predicted molar refractivity (Wildman–Crippen MR) is 100 cm³/mol. The van der Waals surface area contributed by atoms with Gasteiger partial charge in [-0.15, -0.1) is 22.5 Å². The Morgan fingerprint density at radius 1 is 1.10 bits per heavy atom. The monoisotopic (exact) mass is 400 g/mol. The summed E-state index contributed by atoms with van der Waals surface area (Å²) in [6.07, 6.45) is 1.09. The first-order valence-corrected chi connectivity index (χ1v) is 8.47. The Kier molecular flexibility index (Phi) is 5.83. The van der Waals surface area contributed by atoms with Crippen molar-refractivity contribution < 1.29 is 22.4 Å². The van der Waals surface area contributed by atoms with Crippen LogP contribution in [0.15, 0.2) is 52.9 Å². The molecule has 0 bridgehead atoms. The summed E-state index contributed by atoms with van der Waals surface area (Å²) in [4.78, 5) is 12.0. The van der Waals surface area contributed by atoms with Gasteiger partial charge in [-0.05, 0) is 36.4 Å². The number of benzene rings is 2. The van der Waals surface area contributed by atoms with E-state index >= 15 is 0 Å². The van der Waals surface area contributed by atoms with Crippen LogP contribution < -0.4 is 10.6 Å². The third-order valence-corrected chi connectivity index (χ3v) is 3.82. The number of halogens is 3. The smallest absolute Gasteiger partial charge is 0.412 e. The average Bonchev–Trinajstić information content (AvgIpc) is 3.18. The van der Waals surface area contributed by atoms with Gasteiger partial charge in [0.15, 0.2) is 0 Å². The fourth-order valence-electron chi connectivity index (χ4n) is 2.42. The number of alkyl halides is 3. The number of aromatic nitrogens is 2. The maximum absolute atomic E-state index is 12.7. The SMILES string of the molecule is C#CCCNC(=O)c1nnc(-c2ccccc2Nc2ccc(C(F)(F)F)cc2)o1. The lowest BCUT2D eigenvalue weighted by Crippen LogP contribution is -2.24. The van der Waals surface area contributed by atoms with E-state index in [1.807, 2.05) is 0 Å². The van der Waals surface area contributed by atoms with E-state index in [0.29, 0.717) is 23.4 Å². The van der Waals surface area contributed by atoms with Crippen LogP contribution in [0.3, 0.4) is 0 Å². The first-order valence-electron chi connectivity index (χ1n) is 8.47. The third-order valence-electron chi connectivity index (χ3n) is 3.82. The Morgan fingerprint density at radius 2 is 1.83 bits per heavy atom. The second-order valence-electron chi connectivity index (χ2n) is 5.87. The van der Waals surface area contributed by atoms with Crippen LogP contribution in [0.25, 0.3) is 11.5 Å². The molecule has 0 aliphatic heterocycles. The van der Waals surface area contributed by atoms with Crippen molar-refractivity contribution in [3.8, 4) is 23.8 Å². The summed E-state index contributed by atoms with van der Waals surface area (Å²) in [6, 6.07) is 11.4. The van der Waals surface area contributed by atoms with Crippen LogP contribution in [0.2, 0.25) is 0 Å². The fourth-order valence-corrected chi connectivity index (χ4v) is 2.42. The minimum Gasteiger partial charge on any atom is -0.412 e. The molecule has 3 aromatic rings. The van der Waals surface area contributed by atoms with Crippen LogP contribution >= 0.6 is 0 Å². The Hall–Kier alpha value is -3.80. The molecular weight excluding hydrogens is 385 g/mol. The largest absolute Gasteiger partial charge is 0.416 e. The average molecular weight is 400 g/mol. The number of amides is 1. The van der Waals surface area contributed by atoms with Crippen molar-refractivity contribution in [2.45, 2.75) is 12.6 Å². The highest BCUT2D eigenvalue weighted by molar-refractivity contribution is 5.90. The number of carbonyl (C=O) groups excluding carboxylic acids is 1. The lowest BCUT2D eigenvalue weighted by molar-refractivity contribution is -0.137. The Bertz CT molecular complexity index is 1040. The molecule has 148 valence electrons. The lowest BCUT2D eigenvalue weighted by Gasteiger charge is -2.11. The van der Waals surface area contributed by atoms with Crippen LogP contribution in [-0.2, 0) is 6.18 Å². The molecule has 0 aliphatic carbocycles. The summed E-state index contributed by atoms with van der Waals surface area (Å²) in [5.74, 6) is 1.71. The normalized spacial score (nSPS) is 11.0. The van der Waals surface area contributed by atoms with E-state index in [-0.39, 0.29) is 18.3 Å². The minimum atomic E-state index is -4.41. The summed E-state index contributed by atoms with van der Waals surface area (Å²) < 4.78 is 43.6. The third kappa shape index (κ3) is 4.93. The van der Waals surface area contributed by atoms with E-state index in [9.17, 15) is 18.0 Å². The van der Waals surface area contributed by atoms with Crippen molar-refractivity contribution in [1.82, 2.24) is 15.5 Å². The molecule has 0 radical (unpaired) electrons. The molecule has 6 nitrogen and oxygen atoms in total. The van der Waals surface area contributed by atoms with Crippen molar-refractivity contribution in [3.05, 3.63) is 60.0 Å². The summed E-state index contributed by atoms with van der Waals surface area (Å²) in [6.45, 7) is 0.277. The van der Waals surface area contributed by atoms with Crippen molar-refractivity contribution in [1.29, 1.82) is 0 Å². The van der Waals surface area contributed by atoms with E-state index in [1.54, 1.807) is 24.3 Å². The Morgan fingerprint density at radius 3 is 2.52 bits per heavy atom. The maximum Gasteiger partial charge on any atom is 0.416 e. The van der Waals surface area contributed by atoms with Gasteiger partial charge in [-0.3, -0.25) is 4.79 Å². The number of nitrogens with zero attached hydrogens (tertiary/aromatic N) is 2. The second-order valence-corrected chi connectivity index (χ2v) is 5.87. The molecule has 3 rings (SSSR count). The van der Waals surface area contributed by atoms with Gasteiger partial charge >= 0.3 is 18.0 Å². The van der Waals surface area contributed by atoms with Gasteiger partial charge < -0.3 is 15.1 Å². The van der Waals surface area contributed by atoms with E-state index < -0.39 is 17.6 Å². The zero-order valence-electron chi connectivity index (χ0n) is 15.0. The maximum atomic E-state index is 12.7. The molecule has 0 spiro atoms. The molecule has 2 aromatic carbocycles. The number of terminal acetylenes is 1. The van der Waals surface area contributed by atoms with Gasteiger partial charge in [-0.1, -0.05) is 12.1 Å². The van der Waals surface area contributed by atoms with Gasteiger partial charge in [0.25, 0.3) is 0 Å². The molecule has 0 unspecified atom stereocenters. The van der Waals surface area contributed by atoms with Crippen LogP contribution in [0.1, 0.15) is 22.7 Å². The van der Waals surface area contributed by atoms with Crippen molar-refractivity contribution in [2.75, 3.05) is 11.9 Å². The molecule has 0 saturated heterocycles. The molecule has 0 fully saturated rings. The molecule has 0 aliphatic rings. The van der Waals surface area contributed by atoms with E-state index in [4.69, 9.17) is 10.8 Å². The van der Waals surface area contributed by atoms with Gasteiger partial charge in [0.1, 0.15) is 0 Å².